The third-order valence-electron chi connectivity index (χ3n) is 10.1. The maximum Gasteiger partial charge on any atom is 0.408 e. The molecule has 3 rings (SSSR count). The van der Waals surface area contributed by atoms with Gasteiger partial charge in [-0.05, 0) is 46.6 Å². The lowest BCUT2D eigenvalue weighted by atomic mass is 9.95. The van der Waals surface area contributed by atoms with Crippen molar-refractivity contribution in [2.24, 2.45) is 11.8 Å². The van der Waals surface area contributed by atoms with Crippen LogP contribution in [0.15, 0.2) is 72.8 Å². The fourth-order valence-corrected chi connectivity index (χ4v) is 6.65. The zero-order valence-electron chi connectivity index (χ0n) is 33.4. The summed E-state index contributed by atoms with van der Waals surface area (Å²) in [5.41, 5.74) is 1.64. The molecule has 3 aromatic carbocycles. The SMILES string of the molecule is CCCCCCC[C@H](NC(=O)[C@H](Cc1cccc2ccccc12)NC(=O)OCc1ccccc1)C(=O)N[C@@H](CC(C)C)[C@@H](O)CC(=O)N[C@H](CO)[C@@H](C)CC. The highest BCUT2D eigenvalue weighted by atomic mass is 16.5. The summed E-state index contributed by atoms with van der Waals surface area (Å²) in [6.07, 6.45) is 4.08. The van der Waals surface area contributed by atoms with Crippen LogP contribution in [0.2, 0.25) is 0 Å². The van der Waals surface area contributed by atoms with Crippen molar-refractivity contribution in [3.63, 3.8) is 0 Å². The average Bonchev–Trinajstić information content (AvgIpc) is 3.17. The molecular weight excluding hydrogens is 697 g/mol. The Morgan fingerprint density at radius 2 is 1.40 bits per heavy atom. The highest BCUT2D eigenvalue weighted by Crippen LogP contribution is 2.21. The Morgan fingerprint density at radius 1 is 0.727 bits per heavy atom. The van der Waals surface area contributed by atoms with Crippen LogP contribution in [0.25, 0.3) is 10.8 Å². The predicted octanol–water partition coefficient (Wildman–Crippen LogP) is 6.33. The summed E-state index contributed by atoms with van der Waals surface area (Å²) in [5.74, 6) is -1.32. The van der Waals surface area contributed by atoms with Gasteiger partial charge in [-0.2, -0.15) is 0 Å². The molecule has 4 amide bonds. The number of hydrogen-bond acceptors (Lipinski definition) is 7. The molecule has 0 fully saturated rings. The molecule has 3 aromatic rings. The smallest absolute Gasteiger partial charge is 0.408 e. The second-order valence-corrected chi connectivity index (χ2v) is 15.1. The van der Waals surface area contributed by atoms with Crippen molar-refractivity contribution in [3.8, 4) is 0 Å². The molecule has 0 aliphatic rings. The molecule has 55 heavy (non-hydrogen) atoms. The Morgan fingerprint density at radius 3 is 2.09 bits per heavy atom. The molecule has 0 heterocycles. The number of aliphatic hydroxyl groups is 2. The first-order valence-corrected chi connectivity index (χ1v) is 20.1. The van der Waals surface area contributed by atoms with Crippen molar-refractivity contribution in [1.29, 1.82) is 0 Å². The fourth-order valence-electron chi connectivity index (χ4n) is 6.65. The molecule has 0 saturated heterocycles. The number of carbonyl (C=O) groups excluding carboxylic acids is 4. The number of ether oxygens (including phenoxy) is 1. The highest BCUT2D eigenvalue weighted by Gasteiger charge is 2.32. The third-order valence-corrected chi connectivity index (χ3v) is 10.1. The van der Waals surface area contributed by atoms with E-state index in [2.05, 4.69) is 28.2 Å². The van der Waals surface area contributed by atoms with E-state index in [0.717, 1.165) is 54.0 Å². The first-order valence-electron chi connectivity index (χ1n) is 20.1. The van der Waals surface area contributed by atoms with Crippen molar-refractivity contribution < 1.29 is 34.1 Å². The van der Waals surface area contributed by atoms with Gasteiger partial charge in [0.05, 0.1) is 31.2 Å². The van der Waals surface area contributed by atoms with Crippen LogP contribution in [0.5, 0.6) is 0 Å². The van der Waals surface area contributed by atoms with Crippen LogP contribution in [0.4, 0.5) is 4.79 Å². The Kier molecular flexibility index (Phi) is 19.7. The topological polar surface area (TPSA) is 166 Å². The van der Waals surface area contributed by atoms with Gasteiger partial charge >= 0.3 is 6.09 Å². The van der Waals surface area contributed by atoms with Gasteiger partial charge in [0.1, 0.15) is 18.7 Å². The Labute approximate surface area is 327 Å². The number of benzene rings is 3. The zero-order chi connectivity index (χ0) is 40.2. The van der Waals surface area contributed by atoms with Gasteiger partial charge in [-0.25, -0.2) is 4.79 Å². The lowest BCUT2D eigenvalue weighted by Crippen LogP contribution is -2.57. The Balaban J connectivity index is 1.84. The number of alkyl carbamates (subject to hydrolysis) is 1. The molecule has 0 radical (unpaired) electrons. The monoisotopic (exact) mass is 760 g/mol. The van der Waals surface area contributed by atoms with E-state index >= 15 is 0 Å². The van der Waals surface area contributed by atoms with Crippen LogP contribution in [0.1, 0.15) is 104 Å². The van der Waals surface area contributed by atoms with Crippen LogP contribution in [-0.2, 0) is 32.1 Å². The third kappa shape index (κ3) is 15.7. The van der Waals surface area contributed by atoms with Crippen LogP contribution < -0.4 is 21.3 Å². The first-order chi connectivity index (χ1) is 26.4. The Bertz CT molecular complexity index is 1610. The normalized spacial score (nSPS) is 14.6. The van der Waals surface area contributed by atoms with E-state index in [-0.39, 0.29) is 37.9 Å². The van der Waals surface area contributed by atoms with Gasteiger partial charge in [0.25, 0.3) is 0 Å². The summed E-state index contributed by atoms with van der Waals surface area (Å²) in [4.78, 5) is 54.4. The lowest BCUT2D eigenvalue weighted by molar-refractivity contribution is -0.131. The van der Waals surface area contributed by atoms with Crippen LogP contribution in [0, 0.1) is 11.8 Å². The van der Waals surface area contributed by atoms with E-state index in [1.807, 2.05) is 100 Å². The van der Waals surface area contributed by atoms with Crippen molar-refractivity contribution >= 4 is 34.6 Å². The number of unbranched alkanes of at least 4 members (excludes halogenated alkanes) is 4. The predicted molar refractivity (Wildman–Crippen MR) is 217 cm³/mol. The average molecular weight is 761 g/mol. The van der Waals surface area contributed by atoms with Gasteiger partial charge in [0, 0.05) is 6.42 Å². The van der Waals surface area contributed by atoms with Gasteiger partial charge < -0.3 is 36.2 Å². The molecule has 302 valence electrons. The summed E-state index contributed by atoms with van der Waals surface area (Å²) in [5, 5.41) is 34.5. The second kappa shape index (κ2) is 24.1. The quantitative estimate of drug-likeness (QED) is 0.0581. The summed E-state index contributed by atoms with van der Waals surface area (Å²) < 4.78 is 5.50. The van der Waals surface area contributed by atoms with E-state index in [0.29, 0.717) is 19.3 Å². The summed E-state index contributed by atoms with van der Waals surface area (Å²) in [6, 6.07) is 19.6. The minimum absolute atomic E-state index is 0.0218. The second-order valence-electron chi connectivity index (χ2n) is 15.1. The number of aliphatic hydroxyl groups excluding tert-OH is 2. The van der Waals surface area contributed by atoms with Crippen LogP contribution in [0.3, 0.4) is 0 Å². The van der Waals surface area contributed by atoms with E-state index in [4.69, 9.17) is 4.74 Å². The molecule has 6 atom stereocenters. The molecule has 0 aliphatic heterocycles. The van der Waals surface area contributed by atoms with E-state index in [1.54, 1.807) is 0 Å². The van der Waals surface area contributed by atoms with Crippen molar-refractivity contribution in [3.05, 3.63) is 83.9 Å². The number of fused-ring (bicyclic) bond motifs is 1. The lowest BCUT2D eigenvalue weighted by Gasteiger charge is -2.29. The molecular formula is C44H64N4O7. The van der Waals surface area contributed by atoms with Gasteiger partial charge in [0.15, 0.2) is 0 Å². The van der Waals surface area contributed by atoms with E-state index < -0.39 is 54.1 Å². The molecule has 0 spiro atoms. The van der Waals surface area contributed by atoms with Crippen molar-refractivity contribution in [2.45, 2.75) is 136 Å². The van der Waals surface area contributed by atoms with Crippen molar-refractivity contribution in [2.75, 3.05) is 6.61 Å². The minimum Gasteiger partial charge on any atom is -0.445 e. The first kappa shape index (κ1) is 44.9. The Hall–Kier alpha value is -4.48. The number of hydrogen-bond donors (Lipinski definition) is 6. The van der Waals surface area contributed by atoms with Crippen LogP contribution in [-0.4, -0.2) is 70.9 Å². The van der Waals surface area contributed by atoms with Gasteiger partial charge in [-0.1, -0.05) is 146 Å². The minimum atomic E-state index is -1.20. The molecule has 0 saturated carbocycles. The highest BCUT2D eigenvalue weighted by molar-refractivity contribution is 5.92. The number of carbonyl (C=O) groups is 4. The summed E-state index contributed by atoms with van der Waals surface area (Å²) in [7, 11) is 0. The molecule has 0 aromatic heterocycles. The molecule has 11 heteroatoms. The van der Waals surface area contributed by atoms with Gasteiger partial charge in [0.2, 0.25) is 17.7 Å². The molecule has 0 aliphatic carbocycles. The molecule has 0 unspecified atom stereocenters. The summed E-state index contributed by atoms with van der Waals surface area (Å²) >= 11 is 0. The molecule has 6 N–H and O–H groups in total. The largest absolute Gasteiger partial charge is 0.445 e. The molecule has 11 nitrogen and oxygen atoms in total. The number of nitrogens with one attached hydrogen (secondary N) is 4. The maximum atomic E-state index is 14.2. The molecule has 0 bridgehead atoms. The van der Waals surface area contributed by atoms with Crippen molar-refractivity contribution in [1.82, 2.24) is 21.3 Å². The maximum absolute atomic E-state index is 14.2. The van der Waals surface area contributed by atoms with Crippen LogP contribution >= 0.6 is 0 Å². The fraction of sp³-hybridized carbons (Fsp3) is 0.545. The standard InChI is InChI=1S/C44H64N4O7/c1-6-8-9-10-14-24-36(42(52)47-37(25-30(3)4)40(50)27-41(51)45-39(28-49)31(5)7-2)46-43(53)38(48-44(54)55-29-32-18-12-11-13-19-32)26-34-22-17-21-33-20-15-16-23-35(33)34/h11-13,15-23,30-31,36-40,49-50H,6-10,14,24-29H2,1-5H3,(H,45,51)(H,46,53)(H,47,52)(H,48,54)/t31-,36-,37-,38-,39+,40-/m0/s1. The van der Waals surface area contributed by atoms with E-state index in [9.17, 15) is 29.4 Å². The zero-order valence-corrected chi connectivity index (χ0v) is 33.4. The van der Waals surface area contributed by atoms with Gasteiger partial charge in [-0.3, -0.25) is 14.4 Å². The number of rotatable bonds is 24. The van der Waals surface area contributed by atoms with Gasteiger partial charge in [-0.15, -0.1) is 0 Å². The number of amides is 4. The van der Waals surface area contributed by atoms with E-state index in [1.165, 1.54) is 0 Å². The summed E-state index contributed by atoms with van der Waals surface area (Å²) in [6.45, 7) is 9.76.